The number of carbonyl (C=O) groups is 1. The fraction of sp³-hybridized carbons (Fsp3) is 0.188. The van der Waals surface area contributed by atoms with Crippen LogP contribution in [0.3, 0.4) is 0 Å². The topological polar surface area (TPSA) is 46.5 Å². The summed E-state index contributed by atoms with van der Waals surface area (Å²) in [4.78, 5) is 11.3. The van der Waals surface area contributed by atoms with E-state index in [1.165, 1.54) is 0 Å². The van der Waals surface area contributed by atoms with Gasteiger partial charge in [0.05, 0.1) is 11.1 Å². The van der Waals surface area contributed by atoms with E-state index in [2.05, 4.69) is 0 Å². The van der Waals surface area contributed by atoms with Gasteiger partial charge in [0.15, 0.2) is 0 Å². The second-order valence-electron chi connectivity index (χ2n) is 4.98. The summed E-state index contributed by atoms with van der Waals surface area (Å²) in [6, 6.07) is 6.67. The van der Waals surface area contributed by atoms with Crippen molar-refractivity contribution >= 4 is 5.97 Å². The molecule has 9 heteroatoms. The second-order valence-corrected chi connectivity index (χ2v) is 4.98. The second kappa shape index (κ2) is 6.66. The fourth-order valence-corrected chi connectivity index (χ4v) is 2.00. The lowest BCUT2D eigenvalue weighted by molar-refractivity contribution is -0.146. The van der Waals surface area contributed by atoms with Crippen molar-refractivity contribution in [1.82, 2.24) is 0 Å². The Kier molecular flexibility index (Phi) is 4.96. The summed E-state index contributed by atoms with van der Waals surface area (Å²) in [5.41, 5.74) is -2.32. The van der Waals surface area contributed by atoms with Crippen LogP contribution in [0.4, 0.5) is 26.3 Å². The average molecular weight is 364 g/mol. The number of halogens is 6. The Labute approximate surface area is 137 Å². The normalized spacial score (nSPS) is 13.4. The Balaban J connectivity index is 2.29. The van der Waals surface area contributed by atoms with E-state index in [0.717, 1.165) is 30.3 Å². The third-order valence-corrected chi connectivity index (χ3v) is 3.18. The van der Waals surface area contributed by atoms with Crippen LogP contribution in [0, 0.1) is 0 Å². The van der Waals surface area contributed by atoms with Gasteiger partial charge in [0.25, 0.3) is 0 Å². The summed E-state index contributed by atoms with van der Waals surface area (Å²) in [6.45, 7) is 0. The number of ether oxygens (including phenoxy) is 1. The highest BCUT2D eigenvalue weighted by molar-refractivity contribution is 5.75. The molecule has 0 fully saturated rings. The Morgan fingerprint density at radius 2 is 1.44 bits per heavy atom. The van der Waals surface area contributed by atoms with Gasteiger partial charge in [-0.25, -0.2) is 4.79 Å². The molecule has 1 atom stereocenters. The van der Waals surface area contributed by atoms with Gasteiger partial charge in [0, 0.05) is 5.56 Å². The molecule has 0 aliphatic rings. The molecule has 3 nitrogen and oxygen atoms in total. The lowest BCUT2D eigenvalue weighted by Gasteiger charge is -2.17. The van der Waals surface area contributed by atoms with Crippen LogP contribution in [-0.4, -0.2) is 11.1 Å². The van der Waals surface area contributed by atoms with Crippen molar-refractivity contribution in [2.45, 2.75) is 18.5 Å². The minimum atomic E-state index is -4.67. The number of rotatable bonds is 4. The SMILES string of the molecule is O=C(O)C(Oc1ccc(C(F)(F)F)cc1)c1cccc(C(F)(F)F)c1. The first-order valence-electron chi connectivity index (χ1n) is 6.72. The van der Waals surface area contributed by atoms with E-state index in [1.807, 2.05) is 0 Å². The average Bonchev–Trinajstić information content (AvgIpc) is 2.51. The van der Waals surface area contributed by atoms with Gasteiger partial charge < -0.3 is 9.84 Å². The van der Waals surface area contributed by atoms with E-state index >= 15 is 0 Å². The predicted molar refractivity (Wildman–Crippen MR) is 73.9 cm³/mol. The molecule has 2 rings (SSSR count). The van der Waals surface area contributed by atoms with Gasteiger partial charge in [0.2, 0.25) is 6.10 Å². The van der Waals surface area contributed by atoms with Crippen molar-refractivity contribution in [3.8, 4) is 5.75 Å². The van der Waals surface area contributed by atoms with Crippen molar-refractivity contribution in [2.75, 3.05) is 0 Å². The van der Waals surface area contributed by atoms with E-state index in [-0.39, 0.29) is 11.3 Å². The third-order valence-electron chi connectivity index (χ3n) is 3.18. The van der Waals surface area contributed by atoms with Crippen molar-refractivity contribution < 1.29 is 41.0 Å². The summed E-state index contributed by atoms with van der Waals surface area (Å²) in [5.74, 6) is -1.81. The number of carboxylic acid groups (broad SMARTS) is 1. The van der Waals surface area contributed by atoms with Crippen LogP contribution in [0.5, 0.6) is 5.75 Å². The van der Waals surface area contributed by atoms with Crippen LogP contribution in [0.25, 0.3) is 0 Å². The summed E-state index contributed by atoms with van der Waals surface area (Å²) < 4.78 is 80.7. The standard InChI is InChI=1S/C16H10F6O3/c17-15(18,19)10-4-6-12(7-5-10)25-13(14(23)24)9-2-1-3-11(8-9)16(20,21)22/h1-8,13H,(H,23,24). The van der Waals surface area contributed by atoms with E-state index in [4.69, 9.17) is 4.74 Å². The highest BCUT2D eigenvalue weighted by Crippen LogP contribution is 2.33. The van der Waals surface area contributed by atoms with Crippen LogP contribution in [0.2, 0.25) is 0 Å². The first-order valence-corrected chi connectivity index (χ1v) is 6.72. The summed E-state index contributed by atoms with van der Waals surface area (Å²) in [6.07, 6.45) is -11.1. The van der Waals surface area contributed by atoms with Gasteiger partial charge in [0.1, 0.15) is 5.75 Å². The first-order chi connectivity index (χ1) is 11.5. The van der Waals surface area contributed by atoms with E-state index in [9.17, 15) is 36.2 Å². The zero-order valence-corrected chi connectivity index (χ0v) is 12.2. The zero-order chi connectivity index (χ0) is 18.8. The van der Waals surface area contributed by atoms with Gasteiger partial charge in [-0.1, -0.05) is 12.1 Å². The molecule has 134 valence electrons. The Morgan fingerprint density at radius 3 is 1.92 bits per heavy atom. The zero-order valence-electron chi connectivity index (χ0n) is 12.2. The van der Waals surface area contributed by atoms with Crippen molar-refractivity contribution in [1.29, 1.82) is 0 Å². The maximum atomic E-state index is 12.7. The molecule has 0 saturated carbocycles. The largest absolute Gasteiger partial charge is 0.478 e. The van der Waals surface area contributed by atoms with Crippen LogP contribution >= 0.6 is 0 Å². The molecule has 2 aromatic rings. The lowest BCUT2D eigenvalue weighted by Crippen LogP contribution is -2.19. The first kappa shape index (κ1) is 18.6. The molecule has 0 bridgehead atoms. The number of carboxylic acids is 1. The summed E-state index contributed by atoms with van der Waals surface area (Å²) >= 11 is 0. The quantitative estimate of drug-likeness (QED) is 0.783. The molecular formula is C16H10F6O3. The summed E-state index contributed by atoms with van der Waals surface area (Å²) in [7, 11) is 0. The molecular weight excluding hydrogens is 354 g/mol. The number of benzene rings is 2. The van der Waals surface area contributed by atoms with Gasteiger partial charge in [-0.2, -0.15) is 26.3 Å². The molecule has 0 aliphatic heterocycles. The molecule has 0 heterocycles. The molecule has 0 aromatic heterocycles. The number of aliphatic carboxylic acids is 1. The van der Waals surface area contributed by atoms with Crippen LogP contribution in [0.1, 0.15) is 22.8 Å². The molecule has 0 spiro atoms. The summed E-state index contributed by atoms with van der Waals surface area (Å²) in [5, 5.41) is 9.18. The fourth-order valence-electron chi connectivity index (χ4n) is 2.00. The Bertz CT molecular complexity index is 750. The van der Waals surface area contributed by atoms with Crippen molar-refractivity contribution in [3.63, 3.8) is 0 Å². The van der Waals surface area contributed by atoms with Crippen molar-refractivity contribution in [3.05, 3.63) is 65.2 Å². The monoisotopic (exact) mass is 364 g/mol. The molecule has 25 heavy (non-hydrogen) atoms. The molecule has 0 radical (unpaired) electrons. The number of hydrogen-bond acceptors (Lipinski definition) is 2. The Morgan fingerprint density at radius 1 is 0.880 bits per heavy atom. The third kappa shape index (κ3) is 4.65. The van der Waals surface area contributed by atoms with E-state index in [1.54, 1.807) is 0 Å². The molecule has 1 N–H and O–H groups in total. The van der Waals surface area contributed by atoms with Gasteiger partial charge in [-0.15, -0.1) is 0 Å². The molecule has 2 aromatic carbocycles. The predicted octanol–water partition coefficient (Wildman–Crippen LogP) is 4.93. The minimum Gasteiger partial charge on any atom is -0.478 e. The highest BCUT2D eigenvalue weighted by atomic mass is 19.4. The molecule has 0 aliphatic carbocycles. The molecule has 0 amide bonds. The van der Waals surface area contributed by atoms with Gasteiger partial charge in [-0.05, 0) is 36.4 Å². The number of hydrogen-bond donors (Lipinski definition) is 1. The van der Waals surface area contributed by atoms with Crippen molar-refractivity contribution in [2.24, 2.45) is 0 Å². The minimum absolute atomic E-state index is 0.224. The van der Waals surface area contributed by atoms with Gasteiger partial charge >= 0.3 is 18.3 Å². The maximum Gasteiger partial charge on any atom is 0.416 e. The number of alkyl halides is 6. The highest BCUT2D eigenvalue weighted by Gasteiger charge is 2.33. The van der Waals surface area contributed by atoms with E-state index < -0.39 is 35.6 Å². The van der Waals surface area contributed by atoms with Crippen LogP contribution in [0.15, 0.2) is 48.5 Å². The van der Waals surface area contributed by atoms with Gasteiger partial charge in [-0.3, -0.25) is 0 Å². The maximum absolute atomic E-state index is 12.7. The van der Waals surface area contributed by atoms with E-state index in [0.29, 0.717) is 18.2 Å². The van der Waals surface area contributed by atoms with Crippen LogP contribution < -0.4 is 4.74 Å². The Hall–Kier alpha value is -2.71. The lowest BCUT2D eigenvalue weighted by atomic mass is 10.1. The molecule has 0 saturated heterocycles. The molecule has 1 unspecified atom stereocenters. The van der Waals surface area contributed by atoms with Crippen LogP contribution in [-0.2, 0) is 17.1 Å². The smallest absolute Gasteiger partial charge is 0.416 e.